The van der Waals surface area contributed by atoms with Gasteiger partial charge >= 0.3 is 0 Å². The molecule has 0 saturated carbocycles. The number of nitriles is 1. The molecule has 0 unspecified atom stereocenters. The van der Waals surface area contributed by atoms with Gasteiger partial charge in [-0.3, -0.25) is 9.59 Å². The van der Waals surface area contributed by atoms with Crippen LogP contribution in [0.15, 0.2) is 30.0 Å². The summed E-state index contributed by atoms with van der Waals surface area (Å²) in [4.78, 5) is 25.8. The standard InChI is InChI=1S/C20H26N4O2/c1-3-14-6-5-7-15(4-2)18(14)23-20(26)17(12-21)13-24-10-8-16(9-11-24)19(22)25/h5-7,13,16H,3-4,8-11H2,1-2H3,(H2,22,25)(H,23,26)/b17-13-. The maximum atomic E-state index is 12.6. The number of para-hydroxylation sites is 1. The summed E-state index contributed by atoms with van der Waals surface area (Å²) in [5.41, 5.74) is 8.31. The molecule has 0 bridgehead atoms. The van der Waals surface area contributed by atoms with Crippen LogP contribution in [-0.4, -0.2) is 29.8 Å². The number of aryl methyl sites for hydroxylation is 2. The summed E-state index contributed by atoms with van der Waals surface area (Å²) in [6.07, 6.45) is 4.48. The highest BCUT2D eigenvalue weighted by Gasteiger charge is 2.23. The van der Waals surface area contributed by atoms with Crippen molar-refractivity contribution in [1.82, 2.24) is 4.90 Å². The van der Waals surface area contributed by atoms with Crippen molar-refractivity contribution in [3.63, 3.8) is 0 Å². The van der Waals surface area contributed by atoms with E-state index in [-0.39, 0.29) is 17.4 Å². The zero-order valence-electron chi connectivity index (χ0n) is 15.4. The number of piperidine rings is 1. The Morgan fingerprint density at radius 1 is 1.27 bits per heavy atom. The number of nitrogens with one attached hydrogen (secondary N) is 1. The Labute approximate surface area is 154 Å². The van der Waals surface area contributed by atoms with E-state index in [1.807, 2.05) is 43.0 Å². The molecule has 0 aliphatic carbocycles. The zero-order chi connectivity index (χ0) is 19.1. The number of hydrogen-bond acceptors (Lipinski definition) is 4. The van der Waals surface area contributed by atoms with E-state index in [9.17, 15) is 14.9 Å². The van der Waals surface area contributed by atoms with Crippen LogP contribution in [0, 0.1) is 17.2 Å². The van der Waals surface area contributed by atoms with Crippen LogP contribution in [0.2, 0.25) is 0 Å². The third kappa shape index (κ3) is 4.63. The average Bonchev–Trinajstić information content (AvgIpc) is 2.66. The molecule has 2 amide bonds. The number of rotatable bonds is 6. The van der Waals surface area contributed by atoms with Crippen molar-refractivity contribution < 1.29 is 9.59 Å². The van der Waals surface area contributed by atoms with Crippen LogP contribution >= 0.6 is 0 Å². The van der Waals surface area contributed by atoms with Crippen LogP contribution in [0.25, 0.3) is 0 Å². The maximum absolute atomic E-state index is 12.6. The van der Waals surface area contributed by atoms with Crippen LogP contribution in [0.3, 0.4) is 0 Å². The fourth-order valence-electron chi connectivity index (χ4n) is 3.22. The fourth-order valence-corrected chi connectivity index (χ4v) is 3.22. The summed E-state index contributed by atoms with van der Waals surface area (Å²) in [6.45, 7) is 5.29. The highest BCUT2D eigenvalue weighted by molar-refractivity contribution is 6.07. The molecule has 1 aliphatic rings. The van der Waals surface area contributed by atoms with E-state index in [4.69, 9.17) is 5.73 Å². The maximum Gasteiger partial charge on any atom is 0.267 e. The molecule has 0 spiro atoms. The number of anilines is 1. The number of amides is 2. The first-order valence-corrected chi connectivity index (χ1v) is 9.07. The lowest BCUT2D eigenvalue weighted by Crippen LogP contribution is -2.36. The number of likely N-dealkylation sites (tertiary alicyclic amines) is 1. The zero-order valence-corrected chi connectivity index (χ0v) is 15.4. The van der Waals surface area contributed by atoms with Crippen LogP contribution in [0.4, 0.5) is 5.69 Å². The van der Waals surface area contributed by atoms with E-state index >= 15 is 0 Å². The third-order valence-corrected chi connectivity index (χ3v) is 4.85. The first kappa shape index (κ1) is 19.5. The van der Waals surface area contributed by atoms with E-state index in [0.717, 1.165) is 29.7 Å². The molecule has 1 aromatic rings. The number of carbonyl (C=O) groups is 2. The van der Waals surface area contributed by atoms with E-state index in [1.54, 1.807) is 6.20 Å². The Balaban J connectivity index is 2.13. The van der Waals surface area contributed by atoms with Gasteiger partial charge < -0.3 is 16.0 Å². The molecule has 1 saturated heterocycles. The highest BCUT2D eigenvalue weighted by atomic mass is 16.2. The van der Waals surface area contributed by atoms with Crippen LogP contribution < -0.4 is 11.1 Å². The Bertz CT molecular complexity index is 718. The predicted octanol–water partition coefficient (Wildman–Crippen LogP) is 2.35. The van der Waals surface area contributed by atoms with Crippen LogP contribution in [-0.2, 0) is 22.4 Å². The van der Waals surface area contributed by atoms with Crippen molar-refractivity contribution >= 4 is 17.5 Å². The van der Waals surface area contributed by atoms with Gasteiger partial charge in [0.15, 0.2) is 0 Å². The van der Waals surface area contributed by atoms with E-state index < -0.39 is 5.91 Å². The third-order valence-electron chi connectivity index (χ3n) is 4.85. The summed E-state index contributed by atoms with van der Waals surface area (Å²) >= 11 is 0. The molecule has 2 rings (SSSR count). The second kappa shape index (κ2) is 9.04. The largest absolute Gasteiger partial charge is 0.376 e. The fraction of sp³-hybridized carbons (Fsp3) is 0.450. The molecule has 3 N–H and O–H groups in total. The number of nitrogens with two attached hydrogens (primary N) is 1. The number of benzene rings is 1. The number of primary amides is 1. The van der Waals surface area contributed by atoms with Gasteiger partial charge in [0.25, 0.3) is 5.91 Å². The summed E-state index contributed by atoms with van der Waals surface area (Å²) in [5, 5.41) is 12.3. The van der Waals surface area contributed by atoms with Crippen molar-refractivity contribution in [2.75, 3.05) is 18.4 Å². The summed E-state index contributed by atoms with van der Waals surface area (Å²) in [5.74, 6) is -0.808. The first-order chi connectivity index (χ1) is 12.5. The molecule has 6 nitrogen and oxygen atoms in total. The molecule has 0 atom stereocenters. The quantitative estimate of drug-likeness (QED) is 0.605. The highest BCUT2D eigenvalue weighted by Crippen LogP contribution is 2.23. The second-order valence-corrected chi connectivity index (χ2v) is 6.48. The lowest BCUT2D eigenvalue weighted by Gasteiger charge is -2.29. The van der Waals surface area contributed by atoms with Gasteiger partial charge in [0, 0.05) is 30.9 Å². The minimum absolute atomic E-state index is 0.0653. The second-order valence-electron chi connectivity index (χ2n) is 6.48. The lowest BCUT2D eigenvalue weighted by atomic mass is 9.96. The molecule has 1 heterocycles. The van der Waals surface area contributed by atoms with Gasteiger partial charge in [0.2, 0.25) is 5.91 Å². The Kier molecular flexibility index (Phi) is 6.79. The van der Waals surface area contributed by atoms with Gasteiger partial charge in [0.1, 0.15) is 11.6 Å². The Morgan fingerprint density at radius 2 is 1.85 bits per heavy atom. The molecule has 26 heavy (non-hydrogen) atoms. The van der Waals surface area contributed by atoms with Gasteiger partial charge in [0.05, 0.1) is 0 Å². The van der Waals surface area contributed by atoms with Gasteiger partial charge in [-0.15, -0.1) is 0 Å². The van der Waals surface area contributed by atoms with Crippen molar-refractivity contribution in [3.8, 4) is 6.07 Å². The smallest absolute Gasteiger partial charge is 0.267 e. The summed E-state index contributed by atoms with van der Waals surface area (Å²) in [7, 11) is 0. The van der Waals surface area contributed by atoms with Crippen LogP contribution in [0.1, 0.15) is 37.8 Å². The Morgan fingerprint density at radius 3 is 2.31 bits per heavy atom. The number of hydrogen-bond donors (Lipinski definition) is 2. The van der Waals surface area contributed by atoms with E-state index in [0.29, 0.717) is 25.9 Å². The van der Waals surface area contributed by atoms with Crippen molar-refractivity contribution in [2.24, 2.45) is 11.7 Å². The normalized spacial score (nSPS) is 15.4. The van der Waals surface area contributed by atoms with Gasteiger partial charge in [-0.05, 0) is 36.8 Å². The topological polar surface area (TPSA) is 99.2 Å². The SMILES string of the molecule is CCc1cccc(CC)c1NC(=O)/C(C#N)=C\N1CCC(C(N)=O)CC1. The minimum Gasteiger partial charge on any atom is -0.376 e. The lowest BCUT2D eigenvalue weighted by molar-refractivity contribution is -0.123. The van der Waals surface area contributed by atoms with E-state index in [2.05, 4.69) is 5.32 Å². The Hall–Kier alpha value is -2.81. The van der Waals surface area contributed by atoms with Crippen LogP contribution in [0.5, 0.6) is 0 Å². The van der Waals surface area contributed by atoms with E-state index in [1.165, 1.54) is 0 Å². The number of nitrogens with zero attached hydrogens (tertiary/aromatic N) is 2. The molecule has 1 aromatic carbocycles. The number of carbonyl (C=O) groups excluding carboxylic acids is 2. The summed E-state index contributed by atoms with van der Waals surface area (Å²) < 4.78 is 0. The molecule has 1 fully saturated rings. The minimum atomic E-state index is -0.403. The molecular formula is C20H26N4O2. The molecule has 0 aromatic heterocycles. The van der Waals surface area contributed by atoms with Crippen molar-refractivity contribution in [1.29, 1.82) is 5.26 Å². The summed E-state index contributed by atoms with van der Waals surface area (Å²) in [6, 6.07) is 7.95. The molecule has 138 valence electrons. The van der Waals surface area contributed by atoms with Crippen molar-refractivity contribution in [3.05, 3.63) is 41.1 Å². The molecular weight excluding hydrogens is 328 g/mol. The van der Waals surface area contributed by atoms with Gasteiger partial charge in [-0.1, -0.05) is 32.0 Å². The molecule has 1 aliphatic heterocycles. The predicted molar refractivity (Wildman–Crippen MR) is 101 cm³/mol. The molecule has 6 heteroatoms. The average molecular weight is 354 g/mol. The van der Waals surface area contributed by atoms with Gasteiger partial charge in [-0.25, -0.2) is 0 Å². The first-order valence-electron chi connectivity index (χ1n) is 9.07. The van der Waals surface area contributed by atoms with Gasteiger partial charge in [-0.2, -0.15) is 5.26 Å². The van der Waals surface area contributed by atoms with Crippen molar-refractivity contribution in [2.45, 2.75) is 39.5 Å². The monoisotopic (exact) mass is 354 g/mol. The molecule has 0 radical (unpaired) electrons.